The van der Waals surface area contributed by atoms with E-state index >= 15 is 0 Å². The Balaban J connectivity index is 1.85. The van der Waals surface area contributed by atoms with Gasteiger partial charge in [0.05, 0.1) is 0 Å². The van der Waals surface area contributed by atoms with E-state index in [0.717, 1.165) is 26.1 Å². The van der Waals surface area contributed by atoms with E-state index in [1.807, 2.05) is 18.5 Å². The van der Waals surface area contributed by atoms with E-state index in [1.54, 1.807) is 0 Å². The maximum atomic E-state index is 4.15. The number of hydrogen-bond acceptors (Lipinski definition) is 2. The Bertz CT molecular complexity index is 474. The first-order valence-electron chi connectivity index (χ1n) is 6.99. The maximum Gasteiger partial charge on any atom is 0.0359 e. The number of pyridine rings is 1. The fraction of sp³-hybridized carbons (Fsp3) is 0.438. The van der Waals surface area contributed by atoms with Gasteiger partial charge in [0.25, 0.3) is 0 Å². The number of aromatic nitrogens is 2. The van der Waals surface area contributed by atoms with Crippen LogP contribution in [0, 0.1) is 5.92 Å². The third-order valence-electron chi connectivity index (χ3n) is 3.15. The molecule has 0 aliphatic heterocycles. The number of hydrogen-bond donors (Lipinski definition) is 1. The summed E-state index contributed by atoms with van der Waals surface area (Å²) in [5.74, 6) is 0.693. The van der Waals surface area contributed by atoms with Gasteiger partial charge in [0.2, 0.25) is 0 Å². The van der Waals surface area contributed by atoms with Crippen LogP contribution in [0.2, 0.25) is 0 Å². The van der Waals surface area contributed by atoms with Crippen molar-refractivity contribution in [3.8, 4) is 0 Å². The summed E-state index contributed by atoms with van der Waals surface area (Å²) in [6.45, 7) is 7.48. The summed E-state index contributed by atoms with van der Waals surface area (Å²) in [6.07, 6.45) is 6.95. The number of nitrogens with zero attached hydrogens (tertiary/aromatic N) is 2. The van der Waals surface area contributed by atoms with E-state index in [1.165, 1.54) is 11.3 Å². The van der Waals surface area contributed by atoms with Crippen molar-refractivity contribution >= 4 is 0 Å². The quantitative estimate of drug-likeness (QED) is 0.826. The molecule has 0 atom stereocenters. The molecule has 0 unspecified atom stereocenters. The highest BCUT2D eigenvalue weighted by Crippen LogP contribution is 2.06. The molecule has 2 heterocycles. The molecule has 19 heavy (non-hydrogen) atoms. The van der Waals surface area contributed by atoms with Gasteiger partial charge in [0.15, 0.2) is 0 Å². The monoisotopic (exact) mass is 257 g/mol. The Kier molecular flexibility index (Phi) is 5.16. The van der Waals surface area contributed by atoms with Gasteiger partial charge in [-0.2, -0.15) is 0 Å². The molecular weight excluding hydrogens is 234 g/mol. The van der Waals surface area contributed by atoms with Crippen molar-refractivity contribution in [2.45, 2.75) is 33.4 Å². The molecule has 3 nitrogen and oxygen atoms in total. The molecule has 0 saturated heterocycles. The zero-order valence-corrected chi connectivity index (χ0v) is 11.8. The molecule has 2 rings (SSSR count). The second-order valence-electron chi connectivity index (χ2n) is 5.33. The van der Waals surface area contributed by atoms with Gasteiger partial charge in [-0.25, -0.2) is 0 Å². The first-order valence-corrected chi connectivity index (χ1v) is 6.99. The number of aryl methyl sites for hydroxylation is 2. The van der Waals surface area contributed by atoms with Crippen LogP contribution in [0.4, 0.5) is 0 Å². The minimum absolute atomic E-state index is 0.693. The Labute approximate surface area is 115 Å². The summed E-state index contributed by atoms with van der Waals surface area (Å²) in [4.78, 5) is 4.15. The predicted molar refractivity (Wildman–Crippen MR) is 78.9 cm³/mol. The van der Waals surface area contributed by atoms with E-state index in [9.17, 15) is 0 Å². The van der Waals surface area contributed by atoms with Crippen LogP contribution in [0.15, 0.2) is 42.9 Å². The van der Waals surface area contributed by atoms with Crippen LogP contribution in [0.3, 0.4) is 0 Å². The lowest BCUT2D eigenvalue weighted by molar-refractivity contribution is 0.534. The average molecular weight is 257 g/mol. The minimum Gasteiger partial charge on any atom is -0.350 e. The largest absolute Gasteiger partial charge is 0.350 e. The molecule has 0 saturated carbocycles. The van der Waals surface area contributed by atoms with Crippen LogP contribution in [0.1, 0.15) is 25.1 Å². The van der Waals surface area contributed by atoms with Gasteiger partial charge < -0.3 is 9.88 Å². The minimum atomic E-state index is 0.693. The van der Waals surface area contributed by atoms with Crippen molar-refractivity contribution in [2.75, 3.05) is 6.54 Å². The van der Waals surface area contributed by atoms with Crippen LogP contribution >= 0.6 is 0 Å². The average Bonchev–Trinajstić information content (AvgIpc) is 2.85. The van der Waals surface area contributed by atoms with Gasteiger partial charge >= 0.3 is 0 Å². The van der Waals surface area contributed by atoms with Crippen LogP contribution in [0.25, 0.3) is 0 Å². The zero-order valence-electron chi connectivity index (χ0n) is 11.8. The summed E-state index contributed by atoms with van der Waals surface area (Å²) >= 11 is 0. The molecule has 0 aliphatic rings. The SMILES string of the molecule is CC(C)CNCc1cccn1CCc1cccnc1. The van der Waals surface area contributed by atoms with Crippen LogP contribution in [-0.2, 0) is 19.5 Å². The number of rotatable bonds is 7. The second kappa shape index (κ2) is 7.10. The smallest absolute Gasteiger partial charge is 0.0359 e. The van der Waals surface area contributed by atoms with Gasteiger partial charge in [-0.05, 0) is 42.6 Å². The summed E-state index contributed by atoms with van der Waals surface area (Å²) in [7, 11) is 0. The first-order chi connectivity index (χ1) is 9.25. The molecule has 0 bridgehead atoms. The van der Waals surface area contributed by atoms with E-state index in [-0.39, 0.29) is 0 Å². The third-order valence-corrected chi connectivity index (χ3v) is 3.15. The van der Waals surface area contributed by atoms with E-state index < -0.39 is 0 Å². The Morgan fingerprint density at radius 1 is 1.26 bits per heavy atom. The molecule has 0 aromatic carbocycles. The van der Waals surface area contributed by atoms with Crippen LogP contribution in [-0.4, -0.2) is 16.1 Å². The van der Waals surface area contributed by atoms with Crippen molar-refractivity contribution in [3.05, 3.63) is 54.1 Å². The molecule has 1 N–H and O–H groups in total. The van der Waals surface area contributed by atoms with Gasteiger partial charge in [-0.3, -0.25) is 4.98 Å². The highest BCUT2D eigenvalue weighted by atomic mass is 15.0. The van der Waals surface area contributed by atoms with Gasteiger partial charge in [0, 0.05) is 37.4 Å². The van der Waals surface area contributed by atoms with Gasteiger partial charge in [0.1, 0.15) is 0 Å². The highest BCUT2D eigenvalue weighted by molar-refractivity contribution is 5.11. The normalized spacial score (nSPS) is 11.1. The third kappa shape index (κ3) is 4.52. The Morgan fingerprint density at radius 2 is 2.16 bits per heavy atom. The summed E-state index contributed by atoms with van der Waals surface area (Å²) < 4.78 is 2.32. The fourth-order valence-corrected chi connectivity index (χ4v) is 2.11. The van der Waals surface area contributed by atoms with E-state index in [2.05, 4.69) is 53.1 Å². The van der Waals surface area contributed by atoms with Crippen molar-refractivity contribution < 1.29 is 0 Å². The standard InChI is InChI=1S/C16H23N3/c1-14(2)11-18-13-16-6-4-9-19(16)10-7-15-5-3-8-17-12-15/h3-6,8-9,12,14,18H,7,10-11,13H2,1-2H3. The van der Waals surface area contributed by atoms with Crippen molar-refractivity contribution in [1.29, 1.82) is 0 Å². The maximum absolute atomic E-state index is 4.15. The Morgan fingerprint density at radius 3 is 2.89 bits per heavy atom. The van der Waals surface area contributed by atoms with Crippen molar-refractivity contribution in [2.24, 2.45) is 5.92 Å². The first kappa shape index (κ1) is 13.8. The van der Waals surface area contributed by atoms with Crippen LogP contribution in [0.5, 0.6) is 0 Å². The summed E-state index contributed by atoms with van der Waals surface area (Å²) in [5.41, 5.74) is 2.64. The second-order valence-corrected chi connectivity index (χ2v) is 5.33. The molecule has 0 aliphatic carbocycles. The van der Waals surface area contributed by atoms with Gasteiger partial charge in [-0.1, -0.05) is 19.9 Å². The lowest BCUT2D eigenvalue weighted by atomic mass is 10.2. The summed E-state index contributed by atoms with van der Waals surface area (Å²) in [6, 6.07) is 8.44. The number of nitrogens with one attached hydrogen (secondary N) is 1. The van der Waals surface area contributed by atoms with Crippen molar-refractivity contribution in [1.82, 2.24) is 14.9 Å². The van der Waals surface area contributed by atoms with E-state index in [4.69, 9.17) is 0 Å². The summed E-state index contributed by atoms with van der Waals surface area (Å²) in [5, 5.41) is 3.49. The predicted octanol–water partition coefficient (Wildman–Crippen LogP) is 2.87. The molecule has 0 fully saturated rings. The molecule has 102 valence electrons. The Hall–Kier alpha value is -1.61. The zero-order chi connectivity index (χ0) is 13.5. The lowest BCUT2D eigenvalue weighted by Crippen LogP contribution is -2.21. The molecule has 0 amide bonds. The van der Waals surface area contributed by atoms with Crippen molar-refractivity contribution in [3.63, 3.8) is 0 Å². The highest BCUT2D eigenvalue weighted by Gasteiger charge is 2.02. The van der Waals surface area contributed by atoms with E-state index in [0.29, 0.717) is 5.92 Å². The molecule has 0 radical (unpaired) electrons. The molecule has 2 aromatic rings. The lowest BCUT2D eigenvalue weighted by Gasteiger charge is -2.11. The molecular formula is C16H23N3. The topological polar surface area (TPSA) is 29.9 Å². The van der Waals surface area contributed by atoms with Gasteiger partial charge in [-0.15, -0.1) is 0 Å². The molecule has 3 heteroatoms. The molecule has 2 aromatic heterocycles. The molecule has 0 spiro atoms. The fourth-order valence-electron chi connectivity index (χ4n) is 2.11. The van der Waals surface area contributed by atoms with Crippen LogP contribution < -0.4 is 5.32 Å².